The van der Waals surface area contributed by atoms with Gasteiger partial charge in [-0.15, -0.1) is 0 Å². The molecule has 1 aromatic rings. The summed E-state index contributed by atoms with van der Waals surface area (Å²) in [6.45, 7) is 6.89. The van der Waals surface area contributed by atoms with Crippen LogP contribution in [-0.4, -0.2) is 50.4 Å². The van der Waals surface area contributed by atoms with Gasteiger partial charge in [0.1, 0.15) is 11.9 Å². The lowest BCUT2D eigenvalue weighted by Gasteiger charge is -2.27. The first-order valence-corrected chi connectivity index (χ1v) is 7.66. The molecule has 4 heteroatoms. The number of piperidine rings is 1. The maximum absolute atomic E-state index is 6.10. The molecule has 0 saturated carbocycles. The van der Waals surface area contributed by atoms with Crippen LogP contribution in [0.3, 0.4) is 0 Å². The second-order valence-corrected chi connectivity index (χ2v) is 5.60. The lowest BCUT2D eigenvalue weighted by Crippen LogP contribution is -2.35. The van der Waals surface area contributed by atoms with Crippen LogP contribution in [0.4, 0.5) is 0 Å². The first-order chi connectivity index (χ1) is 9.90. The van der Waals surface area contributed by atoms with Gasteiger partial charge in [-0.25, -0.2) is 0 Å². The first-order valence-electron chi connectivity index (χ1n) is 7.66. The molecular formula is C16H24N2O2. The summed E-state index contributed by atoms with van der Waals surface area (Å²) >= 11 is 0. The number of hydrogen-bond donors (Lipinski definition) is 1. The second kappa shape index (κ2) is 7.07. The molecule has 20 heavy (non-hydrogen) atoms. The Balaban J connectivity index is 1.57. The van der Waals surface area contributed by atoms with Crippen LogP contribution in [-0.2, 0) is 11.3 Å². The van der Waals surface area contributed by atoms with Gasteiger partial charge < -0.3 is 14.8 Å². The van der Waals surface area contributed by atoms with Gasteiger partial charge >= 0.3 is 0 Å². The van der Waals surface area contributed by atoms with Crippen molar-refractivity contribution in [3.63, 3.8) is 0 Å². The number of nitrogens with zero attached hydrogens (tertiary/aromatic N) is 1. The van der Waals surface area contributed by atoms with Crippen molar-refractivity contribution in [2.75, 3.05) is 39.4 Å². The summed E-state index contributed by atoms with van der Waals surface area (Å²) in [5.41, 5.74) is 1.33. The van der Waals surface area contributed by atoms with Gasteiger partial charge in [-0.2, -0.15) is 0 Å². The Labute approximate surface area is 121 Å². The molecule has 1 N–H and O–H groups in total. The van der Waals surface area contributed by atoms with E-state index < -0.39 is 0 Å². The maximum atomic E-state index is 6.10. The van der Waals surface area contributed by atoms with E-state index in [1.54, 1.807) is 0 Å². The molecule has 2 heterocycles. The highest BCUT2D eigenvalue weighted by atomic mass is 16.5. The van der Waals surface area contributed by atoms with E-state index in [1.165, 1.54) is 5.56 Å². The van der Waals surface area contributed by atoms with E-state index in [0.717, 1.165) is 64.5 Å². The molecule has 110 valence electrons. The molecule has 0 aromatic heterocycles. The minimum absolute atomic E-state index is 0.370. The largest absolute Gasteiger partial charge is 0.490 e. The molecule has 2 fully saturated rings. The third-order valence-electron chi connectivity index (χ3n) is 4.00. The molecule has 1 aromatic carbocycles. The Bertz CT molecular complexity index is 377. The van der Waals surface area contributed by atoms with Gasteiger partial charge in [-0.05, 0) is 43.6 Å². The normalized spacial score (nSPS) is 21.8. The van der Waals surface area contributed by atoms with Gasteiger partial charge in [0.2, 0.25) is 0 Å². The average molecular weight is 276 g/mol. The fourth-order valence-electron chi connectivity index (χ4n) is 2.84. The summed E-state index contributed by atoms with van der Waals surface area (Å²) in [5.74, 6) is 1.02. The molecule has 3 rings (SSSR count). The van der Waals surface area contributed by atoms with Crippen LogP contribution in [0.25, 0.3) is 0 Å². The van der Waals surface area contributed by atoms with Crippen molar-refractivity contribution in [1.29, 1.82) is 0 Å². The Morgan fingerprint density at radius 3 is 2.80 bits per heavy atom. The van der Waals surface area contributed by atoms with Crippen LogP contribution in [0, 0.1) is 0 Å². The number of nitrogens with one attached hydrogen (secondary N) is 1. The lowest BCUT2D eigenvalue weighted by molar-refractivity contribution is 0.0341. The highest BCUT2D eigenvalue weighted by Gasteiger charge is 2.15. The molecule has 2 saturated heterocycles. The maximum Gasteiger partial charge on any atom is 0.120 e. The fraction of sp³-hybridized carbons (Fsp3) is 0.625. The summed E-state index contributed by atoms with van der Waals surface area (Å²) in [7, 11) is 0. The number of hydrogen-bond acceptors (Lipinski definition) is 4. The quantitative estimate of drug-likeness (QED) is 0.906. The van der Waals surface area contributed by atoms with Gasteiger partial charge in [0.15, 0.2) is 0 Å². The predicted molar refractivity (Wildman–Crippen MR) is 79.1 cm³/mol. The van der Waals surface area contributed by atoms with E-state index in [1.807, 2.05) is 0 Å². The molecule has 0 spiro atoms. The van der Waals surface area contributed by atoms with Crippen LogP contribution in [0.5, 0.6) is 5.75 Å². The van der Waals surface area contributed by atoms with Crippen molar-refractivity contribution in [2.45, 2.75) is 25.5 Å². The Hall–Kier alpha value is -1.10. The molecule has 0 bridgehead atoms. The van der Waals surface area contributed by atoms with Gasteiger partial charge in [-0.3, -0.25) is 4.90 Å². The number of benzene rings is 1. The molecule has 0 aliphatic carbocycles. The topological polar surface area (TPSA) is 33.7 Å². The van der Waals surface area contributed by atoms with Crippen molar-refractivity contribution in [3.05, 3.63) is 29.8 Å². The predicted octanol–water partition coefficient (Wildman–Crippen LogP) is 1.65. The monoisotopic (exact) mass is 276 g/mol. The van der Waals surface area contributed by atoms with E-state index in [9.17, 15) is 0 Å². The third-order valence-corrected chi connectivity index (χ3v) is 4.00. The number of rotatable bonds is 4. The van der Waals surface area contributed by atoms with Crippen LogP contribution < -0.4 is 10.1 Å². The van der Waals surface area contributed by atoms with Gasteiger partial charge in [0, 0.05) is 19.6 Å². The smallest absolute Gasteiger partial charge is 0.120 e. The Kier molecular flexibility index (Phi) is 4.90. The molecule has 0 unspecified atom stereocenters. The standard InChI is InChI=1S/C16H24N2O2/c1-2-14(13-18-8-10-19-11-9-18)12-16(3-1)20-15-4-6-17-7-5-15/h1-3,12,15,17H,4-11,13H2. The SMILES string of the molecule is c1cc(CN2CCOCC2)cc(OC2CCNCC2)c1. The number of ether oxygens (including phenoxy) is 2. The highest BCUT2D eigenvalue weighted by molar-refractivity contribution is 5.28. The van der Waals surface area contributed by atoms with E-state index in [-0.39, 0.29) is 0 Å². The molecule has 2 aliphatic rings. The van der Waals surface area contributed by atoms with E-state index in [2.05, 4.69) is 34.5 Å². The number of morpholine rings is 1. The Morgan fingerprint density at radius 1 is 1.20 bits per heavy atom. The van der Waals surface area contributed by atoms with Crippen molar-refractivity contribution >= 4 is 0 Å². The van der Waals surface area contributed by atoms with Crippen molar-refractivity contribution in [1.82, 2.24) is 10.2 Å². The molecule has 2 aliphatic heterocycles. The molecule has 0 radical (unpaired) electrons. The molecule has 0 atom stereocenters. The third kappa shape index (κ3) is 3.95. The second-order valence-electron chi connectivity index (χ2n) is 5.60. The zero-order chi connectivity index (χ0) is 13.6. The summed E-state index contributed by atoms with van der Waals surface area (Å²) in [5, 5.41) is 3.37. The summed E-state index contributed by atoms with van der Waals surface area (Å²) in [4.78, 5) is 2.44. The Morgan fingerprint density at radius 2 is 2.00 bits per heavy atom. The van der Waals surface area contributed by atoms with E-state index in [0.29, 0.717) is 6.10 Å². The molecular weight excluding hydrogens is 252 g/mol. The molecule has 0 amide bonds. The van der Waals surface area contributed by atoms with Crippen LogP contribution >= 0.6 is 0 Å². The average Bonchev–Trinajstić information content (AvgIpc) is 2.50. The van der Waals surface area contributed by atoms with Crippen molar-refractivity contribution in [2.24, 2.45) is 0 Å². The van der Waals surface area contributed by atoms with Crippen LogP contribution in [0.1, 0.15) is 18.4 Å². The summed E-state index contributed by atoms with van der Waals surface area (Å²) in [6.07, 6.45) is 2.58. The van der Waals surface area contributed by atoms with Gasteiger partial charge in [-0.1, -0.05) is 12.1 Å². The minimum Gasteiger partial charge on any atom is -0.490 e. The zero-order valence-electron chi connectivity index (χ0n) is 12.0. The summed E-state index contributed by atoms with van der Waals surface area (Å²) < 4.78 is 11.5. The lowest BCUT2D eigenvalue weighted by atomic mass is 10.1. The van der Waals surface area contributed by atoms with Crippen molar-refractivity contribution < 1.29 is 9.47 Å². The van der Waals surface area contributed by atoms with Crippen LogP contribution in [0.15, 0.2) is 24.3 Å². The van der Waals surface area contributed by atoms with Gasteiger partial charge in [0.05, 0.1) is 13.2 Å². The fourth-order valence-corrected chi connectivity index (χ4v) is 2.84. The van der Waals surface area contributed by atoms with Gasteiger partial charge in [0.25, 0.3) is 0 Å². The molecule has 4 nitrogen and oxygen atoms in total. The first kappa shape index (κ1) is 13.9. The zero-order valence-corrected chi connectivity index (χ0v) is 12.0. The van der Waals surface area contributed by atoms with E-state index in [4.69, 9.17) is 9.47 Å². The minimum atomic E-state index is 0.370. The van der Waals surface area contributed by atoms with Crippen molar-refractivity contribution in [3.8, 4) is 5.75 Å². The highest BCUT2D eigenvalue weighted by Crippen LogP contribution is 2.19. The van der Waals surface area contributed by atoms with Crippen LogP contribution in [0.2, 0.25) is 0 Å². The summed E-state index contributed by atoms with van der Waals surface area (Å²) in [6, 6.07) is 8.55. The van der Waals surface area contributed by atoms with E-state index >= 15 is 0 Å².